The van der Waals surface area contributed by atoms with Crippen molar-refractivity contribution in [2.75, 3.05) is 12.4 Å². The molecule has 1 atom stereocenters. The van der Waals surface area contributed by atoms with Crippen LogP contribution in [0, 0.1) is 12.3 Å². The van der Waals surface area contributed by atoms with E-state index in [9.17, 15) is 13.2 Å². The van der Waals surface area contributed by atoms with E-state index in [1.807, 2.05) is 0 Å². The summed E-state index contributed by atoms with van der Waals surface area (Å²) in [7, 11) is 1.44. The second-order valence-electron chi connectivity index (χ2n) is 3.09. The van der Waals surface area contributed by atoms with Gasteiger partial charge in [-0.05, 0) is 6.92 Å². The van der Waals surface area contributed by atoms with Gasteiger partial charge in [-0.1, -0.05) is 5.92 Å². The fraction of sp³-hybridized carbons (Fsp3) is 0.400. The molecule has 0 aromatic carbocycles. The summed E-state index contributed by atoms with van der Waals surface area (Å²) in [5.41, 5.74) is 0. The zero-order chi connectivity index (χ0) is 13.1. The molecule has 1 unspecified atom stereocenters. The van der Waals surface area contributed by atoms with Crippen molar-refractivity contribution in [3.63, 3.8) is 0 Å². The van der Waals surface area contributed by atoms with E-state index in [0.29, 0.717) is 0 Å². The van der Waals surface area contributed by atoms with E-state index in [4.69, 9.17) is 11.2 Å². The lowest BCUT2D eigenvalue weighted by Crippen LogP contribution is -2.16. The van der Waals surface area contributed by atoms with Gasteiger partial charge in [0.1, 0.15) is 5.82 Å². The first-order chi connectivity index (χ1) is 7.86. The van der Waals surface area contributed by atoms with E-state index < -0.39 is 18.1 Å². The standard InChI is InChI=1S/C10H10F3N3O/c1-4-6(2)17-8-5-7(14-3)15-9(16-8)10(11,12)13/h1,5-6H,2-3H3,(H,14,15,16). The van der Waals surface area contributed by atoms with Crippen molar-refractivity contribution >= 4 is 5.82 Å². The van der Waals surface area contributed by atoms with Crippen LogP contribution in [0.5, 0.6) is 5.88 Å². The fourth-order valence-corrected chi connectivity index (χ4v) is 0.955. The van der Waals surface area contributed by atoms with Crippen LogP contribution < -0.4 is 10.1 Å². The maximum atomic E-state index is 12.5. The lowest BCUT2D eigenvalue weighted by atomic mass is 10.4. The monoisotopic (exact) mass is 245 g/mol. The summed E-state index contributed by atoms with van der Waals surface area (Å²) in [5, 5.41) is 2.49. The molecule has 7 heteroatoms. The van der Waals surface area contributed by atoms with Gasteiger partial charge in [-0.15, -0.1) is 6.42 Å². The summed E-state index contributed by atoms with van der Waals surface area (Å²) < 4.78 is 42.4. The van der Waals surface area contributed by atoms with E-state index >= 15 is 0 Å². The Labute approximate surface area is 96.2 Å². The number of nitrogens with one attached hydrogen (secondary N) is 1. The third kappa shape index (κ3) is 3.52. The first-order valence-corrected chi connectivity index (χ1v) is 4.63. The summed E-state index contributed by atoms with van der Waals surface area (Å²) >= 11 is 0. The van der Waals surface area contributed by atoms with Crippen LogP contribution in [0.3, 0.4) is 0 Å². The Morgan fingerprint density at radius 3 is 2.59 bits per heavy atom. The van der Waals surface area contributed by atoms with Gasteiger partial charge < -0.3 is 10.1 Å². The van der Waals surface area contributed by atoms with E-state index in [-0.39, 0.29) is 11.7 Å². The van der Waals surface area contributed by atoms with E-state index in [1.165, 1.54) is 20.0 Å². The molecule has 0 saturated carbocycles. The average molecular weight is 245 g/mol. The van der Waals surface area contributed by atoms with Crippen molar-refractivity contribution in [3.05, 3.63) is 11.9 Å². The molecule has 0 bridgehead atoms. The van der Waals surface area contributed by atoms with Crippen LogP contribution in [0.15, 0.2) is 6.07 Å². The van der Waals surface area contributed by atoms with Crippen molar-refractivity contribution in [1.82, 2.24) is 9.97 Å². The summed E-state index contributed by atoms with van der Waals surface area (Å²) in [6.07, 6.45) is -0.247. The third-order valence-corrected chi connectivity index (χ3v) is 1.74. The minimum Gasteiger partial charge on any atom is -0.461 e. The van der Waals surface area contributed by atoms with Crippen LogP contribution >= 0.6 is 0 Å². The Balaban J connectivity index is 3.11. The number of terminal acetylenes is 1. The van der Waals surface area contributed by atoms with Crippen molar-refractivity contribution < 1.29 is 17.9 Å². The molecule has 0 aliphatic heterocycles. The van der Waals surface area contributed by atoms with Gasteiger partial charge >= 0.3 is 6.18 Å². The maximum Gasteiger partial charge on any atom is 0.451 e. The van der Waals surface area contributed by atoms with Crippen molar-refractivity contribution in [1.29, 1.82) is 0 Å². The van der Waals surface area contributed by atoms with Crippen LogP contribution in [0.4, 0.5) is 19.0 Å². The number of rotatable bonds is 3. The summed E-state index contributed by atoms with van der Waals surface area (Å²) in [6.45, 7) is 1.52. The van der Waals surface area contributed by atoms with E-state index in [0.717, 1.165) is 0 Å². The number of nitrogens with zero attached hydrogens (tertiary/aromatic N) is 2. The smallest absolute Gasteiger partial charge is 0.451 e. The van der Waals surface area contributed by atoms with Gasteiger partial charge in [0.2, 0.25) is 11.7 Å². The lowest BCUT2D eigenvalue weighted by molar-refractivity contribution is -0.145. The number of alkyl halides is 3. The molecule has 92 valence electrons. The minimum absolute atomic E-state index is 0.00606. The second kappa shape index (κ2) is 4.91. The largest absolute Gasteiger partial charge is 0.461 e. The molecule has 1 N–H and O–H groups in total. The van der Waals surface area contributed by atoms with Crippen LogP contribution in [0.25, 0.3) is 0 Å². The van der Waals surface area contributed by atoms with Crippen LogP contribution in [-0.2, 0) is 6.18 Å². The Kier molecular flexibility index (Phi) is 3.78. The van der Waals surface area contributed by atoms with E-state index in [2.05, 4.69) is 21.2 Å². The van der Waals surface area contributed by atoms with Crippen molar-refractivity contribution in [2.45, 2.75) is 19.2 Å². The van der Waals surface area contributed by atoms with Gasteiger partial charge in [-0.2, -0.15) is 18.2 Å². The molecule has 1 heterocycles. The Morgan fingerprint density at radius 2 is 2.12 bits per heavy atom. The zero-order valence-electron chi connectivity index (χ0n) is 9.17. The molecule has 0 spiro atoms. The summed E-state index contributed by atoms with van der Waals surface area (Å²) in [5.74, 6) is 0.736. The third-order valence-electron chi connectivity index (χ3n) is 1.74. The molecule has 1 rings (SSSR count). The summed E-state index contributed by atoms with van der Waals surface area (Å²) in [6, 6.07) is 1.24. The van der Waals surface area contributed by atoms with Crippen LogP contribution in [0.2, 0.25) is 0 Å². The van der Waals surface area contributed by atoms with Crippen molar-refractivity contribution in [2.24, 2.45) is 0 Å². The van der Waals surface area contributed by atoms with Crippen LogP contribution in [0.1, 0.15) is 12.7 Å². The summed E-state index contributed by atoms with van der Waals surface area (Å²) in [4.78, 5) is 6.52. The minimum atomic E-state index is -4.63. The Hall–Kier alpha value is -1.97. The average Bonchev–Trinajstić information content (AvgIpc) is 2.27. The van der Waals surface area contributed by atoms with Gasteiger partial charge in [0.25, 0.3) is 0 Å². The molecule has 17 heavy (non-hydrogen) atoms. The molecular weight excluding hydrogens is 235 g/mol. The van der Waals surface area contributed by atoms with Gasteiger partial charge in [0.05, 0.1) is 0 Å². The Morgan fingerprint density at radius 1 is 1.47 bits per heavy atom. The zero-order valence-corrected chi connectivity index (χ0v) is 9.17. The van der Waals surface area contributed by atoms with E-state index in [1.54, 1.807) is 0 Å². The highest BCUT2D eigenvalue weighted by molar-refractivity contribution is 5.38. The topological polar surface area (TPSA) is 47.0 Å². The number of hydrogen-bond acceptors (Lipinski definition) is 4. The van der Waals surface area contributed by atoms with Gasteiger partial charge in [-0.3, -0.25) is 0 Å². The SMILES string of the molecule is C#CC(C)Oc1cc(NC)nc(C(F)(F)F)n1. The molecule has 0 saturated heterocycles. The molecule has 1 aromatic rings. The highest BCUT2D eigenvalue weighted by Crippen LogP contribution is 2.28. The molecule has 0 amide bonds. The predicted octanol–water partition coefficient (Wildman–Crippen LogP) is 1.94. The molecule has 0 fully saturated rings. The van der Waals surface area contributed by atoms with Crippen LogP contribution in [-0.4, -0.2) is 23.1 Å². The number of aromatic nitrogens is 2. The van der Waals surface area contributed by atoms with Crippen molar-refractivity contribution in [3.8, 4) is 18.2 Å². The first-order valence-electron chi connectivity index (χ1n) is 4.63. The molecule has 4 nitrogen and oxygen atoms in total. The number of ether oxygens (including phenoxy) is 1. The van der Waals surface area contributed by atoms with Gasteiger partial charge in [0, 0.05) is 13.1 Å². The Bertz CT molecular complexity index is 439. The normalized spacial score (nSPS) is 12.7. The predicted molar refractivity (Wildman–Crippen MR) is 55.5 cm³/mol. The molecule has 1 aromatic heterocycles. The first kappa shape index (κ1) is 13.1. The lowest BCUT2D eigenvalue weighted by Gasteiger charge is -2.12. The molecule has 0 aliphatic rings. The second-order valence-corrected chi connectivity index (χ2v) is 3.09. The molecule has 0 radical (unpaired) electrons. The number of hydrogen-bond donors (Lipinski definition) is 1. The highest BCUT2D eigenvalue weighted by Gasteiger charge is 2.35. The quantitative estimate of drug-likeness (QED) is 0.827. The maximum absolute atomic E-state index is 12.5. The highest BCUT2D eigenvalue weighted by atomic mass is 19.4. The molecular formula is C10H10F3N3O. The van der Waals surface area contributed by atoms with Gasteiger partial charge in [0.15, 0.2) is 6.10 Å². The fourth-order valence-electron chi connectivity index (χ4n) is 0.955. The number of anilines is 1. The molecule has 0 aliphatic carbocycles. The van der Waals surface area contributed by atoms with Gasteiger partial charge in [-0.25, -0.2) is 4.98 Å². The number of halogens is 3.